The van der Waals surface area contributed by atoms with Crippen molar-refractivity contribution in [3.05, 3.63) is 20.8 Å². The Bertz CT molecular complexity index is 429. The number of esters is 1. The highest BCUT2D eigenvalue weighted by molar-refractivity contribution is 14.1. The molecule has 5 heteroatoms. The molecule has 0 fully saturated rings. The summed E-state index contributed by atoms with van der Waals surface area (Å²) in [6.07, 6.45) is 0. The van der Waals surface area contributed by atoms with Gasteiger partial charge in [0.15, 0.2) is 0 Å². The van der Waals surface area contributed by atoms with Gasteiger partial charge < -0.3 is 14.2 Å². The zero-order chi connectivity index (χ0) is 13.0. The molecule has 0 aliphatic carbocycles. The first-order valence-electron chi connectivity index (χ1n) is 5.15. The number of benzene rings is 1. The Labute approximate surface area is 114 Å². The standard InChI is InChI=1S/C12H15IO4/c1-5-17-12(14)10-7(2)11(13)9(16-4)6-8(10)15-3/h6H,5H2,1-4H3. The van der Waals surface area contributed by atoms with E-state index in [-0.39, 0.29) is 5.97 Å². The van der Waals surface area contributed by atoms with Crippen LogP contribution in [0.2, 0.25) is 0 Å². The van der Waals surface area contributed by atoms with E-state index >= 15 is 0 Å². The summed E-state index contributed by atoms with van der Waals surface area (Å²) in [6, 6.07) is 1.70. The molecule has 1 aromatic carbocycles. The summed E-state index contributed by atoms with van der Waals surface area (Å²) in [5.74, 6) is 0.786. The van der Waals surface area contributed by atoms with Gasteiger partial charge in [0.2, 0.25) is 0 Å². The van der Waals surface area contributed by atoms with Crippen LogP contribution in [-0.2, 0) is 4.74 Å². The lowest BCUT2D eigenvalue weighted by molar-refractivity contribution is 0.0521. The van der Waals surface area contributed by atoms with Gasteiger partial charge in [-0.05, 0) is 42.0 Å². The molecule has 0 bridgehead atoms. The second-order valence-corrected chi connectivity index (χ2v) is 4.39. The molecule has 1 aromatic rings. The number of carbonyl (C=O) groups is 1. The fourth-order valence-corrected chi connectivity index (χ4v) is 2.15. The van der Waals surface area contributed by atoms with Crippen molar-refractivity contribution < 1.29 is 19.0 Å². The van der Waals surface area contributed by atoms with Gasteiger partial charge in [-0.2, -0.15) is 0 Å². The molecule has 0 saturated heterocycles. The molecule has 0 aliphatic heterocycles. The van der Waals surface area contributed by atoms with Crippen molar-refractivity contribution in [1.29, 1.82) is 0 Å². The third-order valence-corrected chi connectivity index (χ3v) is 3.69. The lowest BCUT2D eigenvalue weighted by atomic mass is 10.1. The van der Waals surface area contributed by atoms with Gasteiger partial charge in [0.05, 0.1) is 24.4 Å². The number of ether oxygens (including phenoxy) is 3. The molecule has 94 valence electrons. The van der Waals surface area contributed by atoms with Crippen LogP contribution in [0.4, 0.5) is 0 Å². The molecule has 0 spiro atoms. The van der Waals surface area contributed by atoms with E-state index in [9.17, 15) is 4.79 Å². The predicted molar refractivity (Wildman–Crippen MR) is 73.0 cm³/mol. The van der Waals surface area contributed by atoms with Crippen molar-refractivity contribution in [3.8, 4) is 11.5 Å². The van der Waals surface area contributed by atoms with Crippen molar-refractivity contribution in [2.75, 3.05) is 20.8 Å². The van der Waals surface area contributed by atoms with Crippen LogP contribution in [0.3, 0.4) is 0 Å². The fraction of sp³-hybridized carbons (Fsp3) is 0.417. The van der Waals surface area contributed by atoms with E-state index in [0.717, 1.165) is 9.13 Å². The summed E-state index contributed by atoms with van der Waals surface area (Å²) in [7, 11) is 3.10. The maximum atomic E-state index is 11.9. The van der Waals surface area contributed by atoms with Gasteiger partial charge >= 0.3 is 5.97 Å². The van der Waals surface area contributed by atoms with Gasteiger partial charge in [0, 0.05) is 6.07 Å². The SMILES string of the molecule is CCOC(=O)c1c(OC)cc(OC)c(I)c1C. The van der Waals surface area contributed by atoms with Crippen molar-refractivity contribution in [1.82, 2.24) is 0 Å². The summed E-state index contributed by atoms with van der Waals surface area (Å²) in [4.78, 5) is 11.9. The molecule has 0 unspecified atom stereocenters. The van der Waals surface area contributed by atoms with Crippen LogP contribution in [0.15, 0.2) is 6.07 Å². The van der Waals surface area contributed by atoms with Crippen LogP contribution in [0.25, 0.3) is 0 Å². The van der Waals surface area contributed by atoms with Gasteiger partial charge in [0.1, 0.15) is 17.1 Å². The number of halogens is 1. The molecule has 0 amide bonds. The quantitative estimate of drug-likeness (QED) is 0.619. The van der Waals surface area contributed by atoms with E-state index in [1.54, 1.807) is 20.1 Å². The molecular weight excluding hydrogens is 335 g/mol. The zero-order valence-electron chi connectivity index (χ0n) is 10.3. The molecule has 1 rings (SSSR count). The summed E-state index contributed by atoms with van der Waals surface area (Å²) in [5.41, 5.74) is 1.26. The molecule has 0 atom stereocenters. The Kier molecular flexibility index (Phi) is 5.04. The van der Waals surface area contributed by atoms with Crippen LogP contribution in [0.5, 0.6) is 11.5 Å². The van der Waals surface area contributed by atoms with Crippen molar-refractivity contribution in [2.24, 2.45) is 0 Å². The largest absolute Gasteiger partial charge is 0.496 e. The smallest absolute Gasteiger partial charge is 0.342 e. The average molecular weight is 350 g/mol. The monoisotopic (exact) mass is 350 g/mol. The zero-order valence-corrected chi connectivity index (χ0v) is 12.5. The molecule has 0 N–H and O–H groups in total. The maximum Gasteiger partial charge on any atom is 0.342 e. The fourth-order valence-electron chi connectivity index (χ4n) is 1.50. The van der Waals surface area contributed by atoms with Crippen LogP contribution in [-0.4, -0.2) is 26.8 Å². The summed E-state index contributed by atoms with van der Waals surface area (Å²) < 4.78 is 16.3. The minimum atomic E-state index is -0.373. The van der Waals surface area contributed by atoms with E-state index in [2.05, 4.69) is 22.6 Å². The lowest BCUT2D eigenvalue weighted by Gasteiger charge is -2.14. The highest BCUT2D eigenvalue weighted by Crippen LogP contribution is 2.34. The Morgan fingerprint density at radius 1 is 1.29 bits per heavy atom. The lowest BCUT2D eigenvalue weighted by Crippen LogP contribution is -2.10. The molecular formula is C12H15IO4. The number of methoxy groups -OCH3 is 2. The Hall–Kier alpha value is -0.980. The Morgan fingerprint density at radius 2 is 1.88 bits per heavy atom. The van der Waals surface area contributed by atoms with Crippen LogP contribution >= 0.6 is 22.6 Å². The molecule has 0 aliphatic rings. The molecule has 17 heavy (non-hydrogen) atoms. The predicted octanol–water partition coefficient (Wildman–Crippen LogP) is 2.79. The van der Waals surface area contributed by atoms with Gasteiger partial charge in [-0.25, -0.2) is 4.79 Å². The van der Waals surface area contributed by atoms with E-state index < -0.39 is 0 Å². The normalized spacial score (nSPS) is 9.94. The van der Waals surface area contributed by atoms with E-state index in [1.807, 2.05) is 6.92 Å². The first-order chi connectivity index (χ1) is 8.06. The minimum Gasteiger partial charge on any atom is -0.496 e. The maximum absolute atomic E-state index is 11.9. The average Bonchev–Trinajstić information content (AvgIpc) is 2.32. The Morgan fingerprint density at radius 3 is 2.35 bits per heavy atom. The van der Waals surface area contributed by atoms with Gasteiger partial charge in [-0.3, -0.25) is 0 Å². The first kappa shape index (κ1) is 14.1. The summed E-state index contributed by atoms with van der Waals surface area (Å²) in [5, 5.41) is 0. The third-order valence-electron chi connectivity index (χ3n) is 2.35. The third kappa shape index (κ3) is 2.83. The molecule has 0 radical (unpaired) electrons. The molecule has 0 heterocycles. The summed E-state index contributed by atoms with van der Waals surface area (Å²) >= 11 is 2.14. The first-order valence-corrected chi connectivity index (χ1v) is 6.22. The van der Waals surface area contributed by atoms with Crippen molar-refractivity contribution >= 4 is 28.6 Å². The van der Waals surface area contributed by atoms with Crippen LogP contribution in [0, 0.1) is 10.5 Å². The van der Waals surface area contributed by atoms with Gasteiger partial charge in [0.25, 0.3) is 0 Å². The number of hydrogen-bond donors (Lipinski definition) is 0. The number of hydrogen-bond acceptors (Lipinski definition) is 4. The highest BCUT2D eigenvalue weighted by atomic mass is 127. The van der Waals surface area contributed by atoms with Gasteiger partial charge in [-0.15, -0.1) is 0 Å². The molecule has 4 nitrogen and oxygen atoms in total. The number of carbonyl (C=O) groups excluding carboxylic acids is 1. The van der Waals surface area contributed by atoms with E-state index in [4.69, 9.17) is 14.2 Å². The Balaban J connectivity index is 3.37. The van der Waals surface area contributed by atoms with E-state index in [1.165, 1.54) is 7.11 Å². The van der Waals surface area contributed by atoms with Crippen molar-refractivity contribution in [2.45, 2.75) is 13.8 Å². The molecule has 0 saturated carbocycles. The topological polar surface area (TPSA) is 44.8 Å². The number of rotatable bonds is 4. The summed E-state index contributed by atoms with van der Waals surface area (Å²) in [6.45, 7) is 3.96. The molecule has 0 aromatic heterocycles. The van der Waals surface area contributed by atoms with Crippen LogP contribution in [0.1, 0.15) is 22.8 Å². The highest BCUT2D eigenvalue weighted by Gasteiger charge is 2.21. The van der Waals surface area contributed by atoms with Gasteiger partial charge in [-0.1, -0.05) is 0 Å². The second-order valence-electron chi connectivity index (χ2n) is 3.32. The van der Waals surface area contributed by atoms with Crippen molar-refractivity contribution in [3.63, 3.8) is 0 Å². The second kappa shape index (κ2) is 6.09. The van der Waals surface area contributed by atoms with Crippen LogP contribution < -0.4 is 9.47 Å². The van der Waals surface area contributed by atoms with E-state index in [0.29, 0.717) is 23.7 Å². The minimum absolute atomic E-state index is 0.337.